The van der Waals surface area contributed by atoms with Gasteiger partial charge in [-0.1, -0.05) is 6.92 Å². The van der Waals surface area contributed by atoms with Crippen LogP contribution < -0.4 is 5.32 Å². The predicted octanol–water partition coefficient (Wildman–Crippen LogP) is 0.849. The zero-order chi connectivity index (χ0) is 16.4. The Bertz CT molecular complexity index is 665. The molecule has 2 aliphatic rings. The molecular weight excluding hydrogens is 318 g/mol. The Kier molecular flexibility index (Phi) is 4.65. The summed E-state index contributed by atoms with van der Waals surface area (Å²) in [5.41, 5.74) is 0.634. The fraction of sp³-hybridized carbons (Fsp3) is 0.600. The van der Waals surface area contributed by atoms with Crippen LogP contribution in [0.2, 0.25) is 0 Å². The summed E-state index contributed by atoms with van der Waals surface area (Å²) < 4.78 is 31.7. The number of nitrogens with one attached hydrogen (secondary N) is 1. The molecule has 1 amide bonds. The van der Waals surface area contributed by atoms with Gasteiger partial charge in [-0.15, -0.1) is 0 Å². The molecule has 1 aromatic rings. The van der Waals surface area contributed by atoms with E-state index >= 15 is 0 Å². The molecule has 0 spiro atoms. The lowest BCUT2D eigenvalue weighted by Crippen LogP contribution is -2.48. The van der Waals surface area contributed by atoms with Crippen molar-refractivity contribution in [2.24, 2.45) is 5.92 Å². The molecule has 1 N–H and O–H groups in total. The van der Waals surface area contributed by atoms with Crippen molar-refractivity contribution >= 4 is 21.6 Å². The Morgan fingerprint density at radius 2 is 2.30 bits per heavy atom. The maximum absolute atomic E-state index is 12.5. The highest BCUT2D eigenvalue weighted by Crippen LogP contribution is 2.33. The molecule has 8 heteroatoms. The quantitative estimate of drug-likeness (QED) is 0.859. The molecule has 0 aliphatic carbocycles. The first-order valence-electron chi connectivity index (χ1n) is 7.84. The van der Waals surface area contributed by atoms with Crippen LogP contribution in [-0.4, -0.2) is 54.7 Å². The van der Waals surface area contributed by atoms with Crippen LogP contribution in [0.1, 0.15) is 19.8 Å². The summed E-state index contributed by atoms with van der Waals surface area (Å²) in [7, 11) is -3.26. The standard InChI is InChI=1S/C15H21N3O4S/c1-2-6-23(20,21)18-9-12-7-13(14(10-18)22-12)15(19)17-11-4-3-5-16-8-11/h3-5,8,12-14H,2,6-7,9-10H2,1H3,(H,17,19)/t12-,13-,14-/m0/s1. The molecule has 23 heavy (non-hydrogen) atoms. The Balaban J connectivity index is 1.67. The predicted molar refractivity (Wildman–Crippen MR) is 85.3 cm³/mol. The third-order valence-electron chi connectivity index (χ3n) is 4.25. The van der Waals surface area contributed by atoms with E-state index in [4.69, 9.17) is 4.74 Å². The first kappa shape index (κ1) is 16.4. The average Bonchev–Trinajstić information content (AvgIpc) is 2.82. The minimum Gasteiger partial charge on any atom is -0.371 e. The molecule has 2 saturated heterocycles. The van der Waals surface area contributed by atoms with E-state index < -0.39 is 10.0 Å². The first-order valence-corrected chi connectivity index (χ1v) is 9.44. The van der Waals surface area contributed by atoms with Gasteiger partial charge in [-0.25, -0.2) is 8.42 Å². The number of ether oxygens (including phenoxy) is 1. The molecule has 126 valence electrons. The third-order valence-corrected chi connectivity index (χ3v) is 6.25. The molecule has 2 aliphatic heterocycles. The number of carbonyl (C=O) groups excluding carboxylic acids is 1. The van der Waals surface area contributed by atoms with Crippen LogP contribution in [-0.2, 0) is 19.6 Å². The topological polar surface area (TPSA) is 88.6 Å². The number of nitrogens with zero attached hydrogens (tertiary/aromatic N) is 2. The second kappa shape index (κ2) is 6.54. The van der Waals surface area contributed by atoms with E-state index in [1.54, 1.807) is 24.5 Å². The van der Waals surface area contributed by atoms with Gasteiger partial charge in [0.1, 0.15) is 0 Å². The smallest absolute Gasteiger partial charge is 0.230 e. The van der Waals surface area contributed by atoms with Crippen molar-refractivity contribution in [3.8, 4) is 0 Å². The van der Waals surface area contributed by atoms with E-state index in [2.05, 4.69) is 10.3 Å². The van der Waals surface area contributed by atoms with Crippen molar-refractivity contribution in [2.45, 2.75) is 32.0 Å². The fourth-order valence-corrected chi connectivity index (χ4v) is 4.73. The second-order valence-corrected chi connectivity index (χ2v) is 8.09. The minimum absolute atomic E-state index is 0.138. The van der Waals surface area contributed by atoms with Crippen LogP contribution in [0.4, 0.5) is 5.69 Å². The maximum Gasteiger partial charge on any atom is 0.230 e. The van der Waals surface area contributed by atoms with Crippen LogP contribution in [0.5, 0.6) is 0 Å². The Morgan fingerprint density at radius 1 is 1.48 bits per heavy atom. The summed E-state index contributed by atoms with van der Waals surface area (Å²) in [5, 5.41) is 2.83. The van der Waals surface area contributed by atoms with E-state index in [0.29, 0.717) is 25.1 Å². The van der Waals surface area contributed by atoms with Crippen molar-refractivity contribution in [2.75, 3.05) is 24.2 Å². The lowest BCUT2D eigenvalue weighted by molar-refractivity contribution is -0.122. The van der Waals surface area contributed by atoms with E-state index in [-0.39, 0.29) is 36.3 Å². The number of carbonyl (C=O) groups is 1. The molecule has 2 fully saturated rings. The minimum atomic E-state index is -3.26. The zero-order valence-corrected chi connectivity index (χ0v) is 13.8. The molecule has 3 heterocycles. The molecular formula is C15H21N3O4S. The van der Waals surface area contributed by atoms with Crippen molar-refractivity contribution in [3.63, 3.8) is 0 Å². The summed E-state index contributed by atoms with van der Waals surface area (Å²) in [4.78, 5) is 16.4. The SMILES string of the molecule is CCCS(=O)(=O)N1C[C@@H]2C[C@H](C(=O)Nc3cccnc3)[C@H](C1)O2. The van der Waals surface area contributed by atoms with Crippen LogP contribution in [0.25, 0.3) is 0 Å². The van der Waals surface area contributed by atoms with Gasteiger partial charge in [0.2, 0.25) is 15.9 Å². The van der Waals surface area contributed by atoms with Gasteiger partial charge < -0.3 is 10.1 Å². The number of rotatable bonds is 5. The van der Waals surface area contributed by atoms with Crippen molar-refractivity contribution < 1.29 is 17.9 Å². The number of amides is 1. The fourth-order valence-electron chi connectivity index (χ4n) is 3.18. The monoisotopic (exact) mass is 339 g/mol. The normalized spacial score (nSPS) is 27.8. The summed E-state index contributed by atoms with van der Waals surface area (Å²) >= 11 is 0. The van der Waals surface area contributed by atoms with Gasteiger partial charge in [0, 0.05) is 19.3 Å². The summed E-state index contributed by atoms with van der Waals surface area (Å²) in [6.07, 6.45) is 3.77. The maximum atomic E-state index is 12.5. The Hall–Kier alpha value is -1.51. The van der Waals surface area contributed by atoms with Crippen LogP contribution in [0.3, 0.4) is 0 Å². The van der Waals surface area contributed by atoms with Gasteiger partial charge in [-0.3, -0.25) is 9.78 Å². The highest BCUT2D eigenvalue weighted by molar-refractivity contribution is 7.89. The lowest BCUT2D eigenvalue weighted by Gasteiger charge is -2.31. The molecule has 7 nitrogen and oxygen atoms in total. The number of hydrogen-bond acceptors (Lipinski definition) is 5. The van der Waals surface area contributed by atoms with Gasteiger partial charge >= 0.3 is 0 Å². The average molecular weight is 339 g/mol. The van der Waals surface area contributed by atoms with E-state index in [1.807, 2.05) is 6.92 Å². The third kappa shape index (κ3) is 3.54. The number of fused-ring (bicyclic) bond motifs is 2. The lowest BCUT2D eigenvalue weighted by atomic mass is 9.99. The molecule has 0 radical (unpaired) electrons. The molecule has 1 aromatic heterocycles. The Morgan fingerprint density at radius 3 is 3.00 bits per heavy atom. The summed E-state index contributed by atoms with van der Waals surface area (Å²) in [5.74, 6) is -0.332. The van der Waals surface area contributed by atoms with Crippen molar-refractivity contribution in [3.05, 3.63) is 24.5 Å². The zero-order valence-electron chi connectivity index (χ0n) is 13.0. The number of sulfonamides is 1. The summed E-state index contributed by atoms with van der Waals surface area (Å²) in [6, 6.07) is 3.52. The van der Waals surface area contributed by atoms with Crippen molar-refractivity contribution in [1.29, 1.82) is 0 Å². The van der Waals surface area contributed by atoms with E-state index in [0.717, 1.165) is 0 Å². The molecule has 3 rings (SSSR count). The number of hydrogen-bond donors (Lipinski definition) is 1. The van der Waals surface area contributed by atoms with Gasteiger partial charge in [0.05, 0.1) is 35.8 Å². The summed E-state index contributed by atoms with van der Waals surface area (Å²) in [6.45, 7) is 2.44. The van der Waals surface area contributed by atoms with Crippen LogP contribution in [0.15, 0.2) is 24.5 Å². The van der Waals surface area contributed by atoms with E-state index in [9.17, 15) is 13.2 Å². The van der Waals surface area contributed by atoms with Gasteiger partial charge in [0.25, 0.3) is 0 Å². The number of anilines is 1. The molecule has 0 unspecified atom stereocenters. The highest BCUT2D eigenvalue weighted by Gasteiger charge is 2.47. The Labute approximate surface area is 136 Å². The van der Waals surface area contributed by atoms with Gasteiger partial charge in [-0.05, 0) is 25.0 Å². The number of aromatic nitrogens is 1. The molecule has 2 bridgehead atoms. The number of pyridine rings is 1. The highest BCUT2D eigenvalue weighted by atomic mass is 32.2. The molecule has 3 atom stereocenters. The largest absolute Gasteiger partial charge is 0.371 e. The van der Waals surface area contributed by atoms with Gasteiger partial charge in [-0.2, -0.15) is 4.31 Å². The van der Waals surface area contributed by atoms with Crippen LogP contribution >= 0.6 is 0 Å². The molecule has 0 saturated carbocycles. The van der Waals surface area contributed by atoms with Crippen LogP contribution in [0, 0.1) is 5.92 Å². The second-order valence-electron chi connectivity index (χ2n) is 6.00. The van der Waals surface area contributed by atoms with E-state index in [1.165, 1.54) is 4.31 Å². The number of morpholine rings is 1. The molecule has 0 aromatic carbocycles. The van der Waals surface area contributed by atoms with Crippen molar-refractivity contribution in [1.82, 2.24) is 9.29 Å². The van der Waals surface area contributed by atoms with Gasteiger partial charge in [0.15, 0.2) is 0 Å². The first-order chi connectivity index (χ1) is 11.0.